The van der Waals surface area contributed by atoms with Crippen molar-refractivity contribution in [2.45, 2.75) is 46.3 Å². The van der Waals surface area contributed by atoms with Crippen molar-refractivity contribution in [2.24, 2.45) is 5.92 Å². The van der Waals surface area contributed by atoms with Crippen LogP contribution in [0.5, 0.6) is 0 Å². The molecule has 1 heterocycles. The van der Waals surface area contributed by atoms with E-state index in [2.05, 4.69) is 15.3 Å². The fourth-order valence-electron chi connectivity index (χ4n) is 2.16. The van der Waals surface area contributed by atoms with Gasteiger partial charge < -0.3 is 10.1 Å². The molecule has 1 N–H and O–H groups in total. The van der Waals surface area contributed by atoms with Gasteiger partial charge in [0.1, 0.15) is 10.8 Å². The summed E-state index contributed by atoms with van der Waals surface area (Å²) in [5.41, 5.74) is 0.187. The SMILES string of the molecule is CC(C)[C@H](NC(=O)OC(C)(C)C)c1nc(Cl)c2ccccc2n1. The molecule has 0 spiro atoms. The first-order valence-electron chi connectivity index (χ1n) is 7.59. The minimum Gasteiger partial charge on any atom is -0.444 e. The molecule has 23 heavy (non-hydrogen) atoms. The summed E-state index contributed by atoms with van der Waals surface area (Å²) in [6, 6.07) is 7.13. The third-order valence-electron chi connectivity index (χ3n) is 3.19. The smallest absolute Gasteiger partial charge is 0.408 e. The molecule has 1 atom stereocenters. The van der Waals surface area contributed by atoms with E-state index in [1.807, 2.05) is 58.9 Å². The molecule has 1 aromatic heterocycles. The van der Waals surface area contributed by atoms with Crippen molar-refractivity contribution in [1.82, 2.24) is 15.3 Å². The van der Waals surface area contributed by atoms with Gasteiger partial charge in [0.15, 0.2) is 5.82 Å². The lowest BCUT2D eigenvalue weighted by atomic mass is 10.0. The Morgan fingerprint density at radius 3 is 2.48 bits per heavy atom. The minimum atomic E-state index is -0.562. The molecule has 0 radical (unpaired) electrons. The molecular formula is C17H22ClN3O2. The van der Waals surface area contributed by atoms with Crippen LogP contribution in [0.2, 0.25) is 5.15 Å². The molecule has 124 valence electrons. The monoisotopic (exact) mass is 335 g/mol. The van der Waals surface area contributed by atoms with Gasteiger partial charge in [0.05, 0.1) is 11.6 Å². The van der Waals surface area contributed by atoms with Gasteiger partial charge in [0.2, 0.25) is 0 Å². The van der Waals surface area contributed by atoms with Crippen molar-refractivity contribution in [3.8, 4) is 0 Å². The first-order chi connectivity index (χ1) is 10.7. The van der Waals surface area contributed by atoms with Crippen molar-refractivity contribution < 1.29 is 9.53 Å². The Labute approximate surface area is 141 Å². The Balaban J connectivity index is 2.33. The van der Waals surface area contributed by atoms with Gasteiger partial charge in [-0.05, 0) is 38.8 Å². The third kappa shape index (κ3) is 4.55. The lowest BCUT2D eigenvalue weighted by Crippen LogP contribution is -2.37. The Hall–Kier alpha value is -1.88. The number of nitrogens with one attached hydrogen (secondary N) is 1. The summed E-state index contributed by atoms with van der Waals surface area (Å²) in [6.45, 7) is 9.42. The molecule has 2 aromatic rings. The zero-order valence-electron chi connectivity index (χ0n) is 14.1. The standard InChI is InChI=1S/C17H22ClN3O2/c1-10(2)13(20-16(22)23-17(3,4)5)15-19-12-9-7-6-8-11(12)14(18)21-15/h6-10,13H,1-5H3,(H,20,22)/t13-/m0/s1. The number of hydrogen-bond donors (Lipinski definition) is 1. The molecule has 1 aromatic carbocycles. The number of carbonyl (C=O) groups excluding carboxylic acids is 1. The molecule has 0 aliphatic heterocycles. The van der Waals surface area contributed by atoms with Crippen LogP contribution in [-0.4, -0.2) is 21.7 Å². The summed E-state index contributed by atoms with van der Waals surface area (Å²) in [5.74, 6) is 0.564. The second kappa shape index (κ2) is 6.71. The minimum absolute atomic E-state index is 0.0831. The average molecular weight is 336 g/mol. The van der Waals surface area contributed by atoms with Crippen LogP contribution in [0, 0.1) is 5.92 Å². The summed E-state index contributed by atoms with van der Waals surface area (Å²) < 4.78 is 5.32. The van der Waals surface area contributed by atoms with Gasteiger partial charge in [-0.1, -0.05) is 37.6 Å². The van der Waals surface area contributed by atoms with E-state index in [0.29, 0.717) is 11.0 Å². The number of amides is 1. The topological polar surface area (TPSA) is 64.1 Å². The normalized spacial score (nSPS) is 13.2. The molecule has 0 saturated carbocycles. The van der Waals surface area contributed by atoms with E-state index >= 15 is 0 Å². The first-order valence-corrected chi connectivity index (χ1v) is 7.97. The van der Waals surface area contributed by atoms with E-state index in [1.165, 1.54) is 0 Å². The third-order valence-corrected chi connectivity index (χ3v) is 3.48. The van der Waals surface area contributed by atoms with Crippen LogP contribution >= 0.6 is 11.6 Å². The molecular weight excluding hydrogens is 314 g/mol. The number of benzene rings is 1. The predicted octanol–water partition coefficient (Wildman–Crippen LogP) is 4.51. The number of carbonyl (C=O) groups is 1. The van der Waals surface area contributed by atoms with Crippen molar-refractivity contribution in [3.63, 3.8) is 0 Å². The van der Waals surface area contributed by atoms with Crippen LogP contribution < -0.4 is 5.32 Å². The number of rotatable bonds is 3. The summed E-state index contributed by atoms with van der Waals surface area (Å²) in [5, 5.41) is 4.00. The van der Waals surface area contributed by atoms with Crippen LogP contribution in [0.1, 0.15) is 46.5 Å². The molecule has 0 unspecified atom stereocenters. The lowest BCUT2D eigenvalue weighted by molar-refractivity contribution is 0.0486. The summed E-state index contributed by atoms with van der Waals surface area (Å²) in [4.78, 5) is 21.0. The lowest BCUT2D eigenvalue weighted by Gasteiger charge is -2.25. The van der Waals surface area contributed by atoms with Gasteiger partial charge in [-0.3, -0.25) is 0 Å². The maximum Gasteiger partial charge on any atom is 0.408 e. The zero-order chi connectivity index (χ0) is 17.2. The van der Waals surface area contributed by atoms with Gasteiger partial charge in [0.25, 0.3) is 0 Å². The van der Waals surface area contributed by atoms with Crippen molar-refractivity contribution in [3.05, 3.63) is 35.2 Å². The largest absolute Gasteiger partial charge is 0.444 e. The average Bonchev–Trinajstić information content (AvgIpc) is 2.42. The second-order valence-corrected chi connectivity index (χ2v) is 7.12. The Morgan fingerprint density at radius 1 is 1.22 bits per heavy atom. The number of halogens is 1. The number of nitrogens with zero attached hydrogens (tertiary/aromatic N) is 2. The first kappa shape index (κ1) is 17.5. The van der Waals surface area contributed by atoms with Crippen molar-refractivity contribution >= 4 is 28.6 Å². The summed E-state index contributed by atoms with van der Waals surface area (Å²) in [7, 11) is 0. The highest BCUT2D eigenvalue weighted by atomic mass is 35.5. The van der Waals surface area contributed by atoms with E-state index in [0.717, 1.165) is 10.9 Å². The number of hydrogen-bond acceptors (Lipinski definition) is 4. The van der Waals surface area contributed by atoms with Gasteiger partial charge in [-0.25, -0.2) is 14.8 Å². The molecule has 2 rings (SSSR count). The van der Waals surface area contributed by atoms with Gasteiger partial charge >= 0.3 is 6.09 Å². The fourth-order valence-corrected chi connectivity index (χ4v) is 2.40. The highest BCUT2D eigenvalue weighted by molar-refractivity contribution is 6.34. The quantitative estimate of drug-likeness (QED) is 0.838. The van der Waals surface area contributed by atoms with E-state index in [-0.39, 0.29) is 12.0 Å². The molecule has 0 aliphatic rings. The van der Waals surface area contributed by atoms with Crippen LogP contribution in [0.15, 0.2) is 24.3 Å². The van der Waals surface area contributed by atoms with Crippen LogP contribution in [0.25, 0.3) is 10.9 Å². The predicted molar refractivity (Wildman–Crippen MR) is 91.5 cm³/mol. The fraction of sp³-hybridized carbons (Fsp3) is 0.471. The van der Waals surface area contributed by atoms with Gasteiger partial charge in [-0.15, -0.1) is 0 Å². The zero-order valence-corrected chi connectivity index (χ0v) is 14.8. The maximum absolute atomic E-state index is 12.1. The summed E-state index contributed by atoms with van der Waals surface area (Å²) >= 11 is 6.26. The van der Waals surface area contributed by atoms with E-state index in [1.54, 1.807) is 0 Å². The maximum atomic E-state index is 12.1. The Kier molecular flexibility index (Phi) is 5.09. The highest BCUT2D eigenvalue weighted by Gasteiger charge is 2.25. The number of para-hydroxylation sites is 1. The van der Waals surface area contributed by atoms with Crippen LogP contribution in [-0.2, 0) is 4.74 Å². The number of ether oxygens (including phenoxy) is 1. The molecule has 0 aliphatic carbocycles. The van der Waals surface area contributed by atoms with Crippen LogP contribution in [0.4, 0.5) is 4.79 Å². The molecule has 1 amide bonds. The molecule has 5 nitrogen and oxygen atoms in total. The molecule has 6 heteroatoms. The highest BCUT2D eigenvalue weighted by Crippen LogP contribution is 2.25. The molecule has 0 bridgehead atoms. The molecule has 0 fully saturated rings. The van der Waals surface area contributed by atoms with Crippen LogP contribution in [0.3, 0.4) is 0 Å². The van der Waals surface area contributed by atoms with E-state index in [9.17, 15) is 4.79 Å². The van der Waals surface area contributed by atoms with Gasteiger partial charge in [0, 0.05) is 5.39 Å². The van der Waals surface area contributed by atoms with Crippen molar-refractivity contribution in [2.75, 3.05) is 0 Å². The number of aromatic nitrogens is 2. The molecule has 0 saturated heterocycles. The Bertz CT molecular complexity index is 711. The van der Waals surface area contributed by atoms with Gasteiger partial charge in [-0.2, -0.15) is 0 Å². The van der Waals surface area contributed by atoms with E-state index < -0.39 is 11.7 Å². The number of alkyl carbamates (subject to hydrolysis) is 1. The Morgan fingerprint density at radius 2 is 1.87 bits per heavy atom. The second-order valence-electron chi connectivity index (χ2n) is 6.76. The summed E-state index contributed by atoms with van der Waals surface area (Å²) in [6.07, 6.45) is -0.496. The van der Waals surface area contributed by atoms with Crippen molar-refractivity contribution in [1.29, 1.82) is 0 Å². The number of fused-ring (bicyclic) bond motifs is 1. The van der Waals surface area contributed by atoms with E-state index in [4.69, 9.17) is 16.3 Å².